The molecule has 1 aromatic heterocycles. The zero-order valence-electron chi connectivity index (χ0n) is 11.2. The molecule has 104 valence electrons. The fourth-order valence-corrected chi connectivity index (χ4v) is 3.03. The van der Waals surface area contributed by atoms with Crippen LogP contribution in [0, 0.1) is 0 Å². The van der Waals surface area contributed by atoms with Gasteiger partial charge in [-0.05, 0) is 29.9 Å². The van der Waals surface area contributed by atoms with Gasteiger partial charge in [-0.1, -0.05) is 36.4 Å². The third-order valence-corrected chi connectivity index (χ3v) is 4.46. The van der Waals surface area contributed by atoms with Crippen LogP contribution in [0.3, 0.4) is 0 Å². The minimum absolute atomic E-state index is 0.0344. The summed E-state index contributed by atoms with van der Waals surface area (Å²) in [6, 6.07) is 13.5. The van der Waals surface area contributed by atoms with Crippen molar-refractivity contribution < 1.29 is 4.79 Å². The zero-order chi connectivity index (χ0) is 13.9. The van der Waals surface area contributed by atoms with Crippen molar-refractivity contribution in [3.8, 4) is 0 Å². The molecule has 0 spiro atoms. The molecular weight excluding hydrogens is 268 g/mol. The van der Waals surface area contributed by atoms with Crippen LogP contribution < -0.4 is 5.73 Å². The Morgan fingerprint density at radius 1 is 1.25 bits per heavy atom. The van der Waals surface area contributed by atoms with E-state index in [0.717, 1.165) is 18.4 Å². The van der Waals surface area contributed by atoms with E-state index in [1.54, 1.807) is 11.3 Å². The molecule has 1 aromatic carbocycles. The maximum Gasteiger partial charge on any atom is 0.244 e. The molecular formula is C16H18N2OS. The van der Waals surface area contributed by atoms with Crippen molar-refractivity contribution >= 4 is 17.2 Å². The fraction of sp³-hybridized carbons (Fsp3) is 0.312. The Kier molecular flexibility index (Phi) is 3.85. The summed E-state index contributed by atoms with van der Waals surface area (Å²) in [6.45, 7) is 0.682. The average molecular weight is 286 g/mol. The SMILES string of the molecule is NC(C(=O)N(Cc1cccs1)C1CC1)c1ccccc1. The number of nitrogens with two attached hydrogens (primary N) is 1. The van der Waals surface area contributed by atoms with E-state index in [0.29, 0.717) is 12.6 Å². The van der Waals surface area contributed by atoms with Crippen LogP contribution in [0.1, 0.15) is 29.3 Å². The molecule has 2 aromatic rings. The van der Waals surface area contributed by atoms with Gasteiger partial charge in [0.15, 0.2) is 0 Å². The minimum atomic E-state index is -0.559. The molecule has 0 saturated heterocycles. The van der Waals surface area contributed by atoms with Crippen LogP contribution in [-0.4, -0.2) is 16.8 Å². The highest BCUT2D eigenvalue weighted by Gasteiger charge is 2.35. The smallest absolute Gasteiger partial charge is 0.244 e. The van der Waals surface area contributed by atoms with Crippen molar-refractivity contribution in [1.82, 2.24) is 4.90 Å². The molecule has 1 heterocycles. The van der Waals surface area contributed by atoms with Gasteiger partial charge in [-0.15, -0.1) is 11.3 Å². The van der Waals surface area contributed by atoms with Gasteiger partial charge in [-0.25, -0.2) is 0 Å². The Hall–Kier alpha value is -1.65. The maximum atomic E-state index is 12.7. The maximum absolute atomic E-state index is 12.7. The first-order valence-electron chi connectivity index (χ1n) is 6.89. The quantitative estimate of drug-likeness (QED) is 0.918. The number of nitrogens with zero attached hydrogens (tertiary/aromatic N) is 1. The van der Waals surface area contributed by atoms with E-state index in [1.165, 1.54) is 4.88 Å². The molecule has 0 radical (unpaired) electrons. The van der Waals surface area contributed by atoms with E-state index >= 15 is 0 Å². The highest BCUT2D eigenvalue weighted by molar-refractivity contribution is 7.09. The molecule has 20 heavy (non-hydrogen) atoms. The molecule has 2 N–H and O–H groups in total. The van der Waals surface area contributed by atoms with Gasteiger partial charge in [0, 0.05) is 10.9 Å². The molecule has 3 rings (SSSR count). The zero-order valence-corrected chi connectivity index (χ0v) is 12.1. The first kappa shape index (κ1) is 13.3. The van der Waals surface area contributed by atoms with E-state index in [1.807, 2.05) is 46.7 Å². The minimum Gasteiger partial charge on any atom is -0.333 e. The Morgan fingerprint density at radius 2 is 2.00 bits per heavy atom. The van der Waals surface area contributed by atoms with Crippen molar-refractivity contribution in [3.63, 3.8) is 0 Å². The van der Waals surface area contributed by atoms with Gasteiger partial charge in [0.05, 0.1) is 6.54 Å². The molecule has 1 aliphatic rings. The van der Waals surface area contributed by atoms with Crippen LogP contribution >= 0.6 is 11.3 Å². The van der Waals surface area contributed by atoms with Gasteiger partial charge in [0.1, 0.15) is 6.04 Å². The Labute approximate surface area is 123 Å². The predicted molar refractivity (Wildman–Crippen MR) is 81.3 cm³/mol. The third-order valence-electron chi connectivity index (χ3n) is 3.60. The molecule has 1 unspecified atom stereocenters. The van der Waals surface area contributed by atoms with Crippen molar-refractivity contribution in [2.75, 3.05) is 0 Å². The Morgan fingerprint density at radius 3 is 2.60 bits per heavy atom. The van der Waals surface area contributed by atoms with Crippen molar-refractivity contribution in [2.45, 2.75) is 31.5 Å². The summed E-state index contributed by atoms with van der Waals surface area (Å²) in [7, 11) is 0. The standard InChI is InChI=1S/C16H18N2OS/c17-15(12-5-2-1-3-6-12)16(19)18(13-8-9-13)11-14-7-4-10-20-14/h1-7,10,13,15H,8-9,11,17H2. The second kappa shape index (κ2) is 5.77. The lowest BCUT2D eigenvalue weighted by atomic mass is 10.1. The summed E-state index contributed by atoms with van der Waals surface area (Å²) in [4.78, 5) is 15.8. The second-order valence-corrected chi connectivity index (χ2v) is 6.20. The van der Waals surface area contributed by atoms with Gasteiger partial charge in [0.25, 0.3) is 0 Å². The highest BCUT2D eigenvalue weighted by Crippen LogP contribution is 2.31. The number of amides is 1. The first-order chi connectivity index (χ1) is 9.75. The second-order valence-electron chi connectivity index (χ2n) is 5.17. The molecule has 1 amide bonds. The van der Waals surface area contributed by atoms with Crippen molar-refractivity contribution in [3.05, 3.63) is 58.3 Å². The molecule has 0 aliphatic heterocycles. The summed E-state index contributed by atoms with van der Waals surface area (Å²) >= 11 is 1.69. The van der Waals surface area contributed by atoms with Crippen LogP contribution in [0.4, 0.5) is 0 Å². The first-order valence-corrected chi connectivity index (χ1v) is 7.77. The molecule has 0 bridgehead atoms. The Bertz CT molecular complexity index is 563. The highest BCUT2D eigenvalue weighted by atomic mass is 32.1. The molecule has 1 aliphatic carbocycles. The van der Waals surface area contributed by atoms with Gasteiger partial charge in [-0.2, -0.15) is 0 Å². The lowest BCUT2D eigenvalue weighted by Gasteiger charge is -2.25. The van der Waals surface area contributed by atoms with E-state index < -0.39 is 6.04 Å². The van der Waals surface area contributed by atoms with E-state index in [-0.39, 0.29) is 5.91 Å². The van der Waals surface area contributed by atoms with Crippen molar-refractivity contribution in [2.24, 2.45) is 5.73 Å². The number of carbonyl (C=O) groups excluding carboxylic acids is 1. The summed E-state index contributed by atoms with van der Waals surface area (Å²) in [6.07, 6.45) is 2.19. The lowest BCUT2D eigenvalue weighted by Crippen LogP contribution is -2.39. The van der Waals surface area contributed by atoms with E-state index in [9.17, 15) is 4.79 Å². The molecule has 4 heteroatoms. The normalized spacial score (nSPS) is 15.8. The number of benzene rings is 1. The number of hydrogen-bond donors (Lipinski definition) is 1. The lowest BCUT2D eigenvalue weighted by molar-refractivity contribution is -0.133. The fourth-order valence-electron chi connectivity index (χ4n) is 2.33. The summed E-state index contributed by atoms with van der Waals surface area (Å²) in [5.41, 5.74) is 7.03. The summed E-state index contributed by atoms with van der Waals surface area (Å²) in [5.74, 6) is 0.0344. The topological polar surface area (TPSA) is 46.3 Å². The number of thiophene rings is 1. The summed E-state index contributed by atoms with van der Waals surface area (Å²) < 4.78 is 0. The number of hydrogen-bond acceptors (Lipinski definition) is 3. The van der Waals surface area contributed by atoms with Gasteiger partial charge in [0.2, 0.25) is 5.91 Å². The average Bonchev–Trinajstić information content (AvgIpc) is 3.21. The Balaban J connectivity index is 1.75. The molecule has 1 saturated carbocycles. The van der Waals surface area contributed by atoms with Crippen LogP contribution in [0.25, 0.3) is 0 Å². The van der Waals surface area contributed by atoms with Crippen LogP contribution in [0.2, 0.25) is 0 Å². The van der Waals surface area contributed by atoms with E-state index in [4.69, 9.17) is 5.73 Å². The third kappa shape index (κ3) is 2.92. The molecule has 3 nitrogen and oxygen atoms in total. The van der Waals surface area contributed by atoms with Crippen molar-refractivity contribution in [1.29, 1.82) is 0 Å². The van der Waals surface area contributed by atoms with Crippen LogP contribution in [0.5, 0.6) is 0 Å². The van der Waals surface area contributed by atoms with Gasteiger partial charge < -0.3 is 10.6 Å². The number of rotatable bonds is 5. The predicted octanol–water partition coefficient (Wildman–Crippen LogP) is 2.94. The monoisotopic (exact) mass is 286 g/mol. The molecule has 1 fully saturated rings. The summed E-state index contributed by atoms with van der Waals surface area (Å²) in [5, 5.41) is 2.04. The van der Waals surface area contributed by atoms with Crippen LogP contribution in [0.15, 0.2) is 47.8 Å². The van der Waals surface area contributed by atoms with E-state index in [2.05, 4.69) is 6.07 Å². The largest absolute Gasteiger partial charge is 0.333 e. The molecule has 1 atom stereocenters. The van der Waals surface area contributed by atoms with Gasteiger partial charge in [-0.3, -0.25) is 4.79 Å². The number of carbonyl (C=O) groups is 1. The van der Waals surface area contributed by atoms with Crippen LogP contribution in [-0.2, 0) is 11.3 Å². The van der Waals surface area contributed by atoms with Gasteiger partial charge >= 0.3 is 0 Å².